The Hall–Kier alpha value is 1.92. The molecule has 0 aromatic rings. The van der Waals surface area contributed by atoms with Crippen molar-refractivity contribution in [2.24, 2.45) is 0 Å². The third kappa shape index (κ3) is 75.5. The summed E-state index contributed by atoms with van der Waals surface area (Å²) in [5.74, 6) is 0. The quantitative estimate of drug-likeness (QED) is 0.230. The van der Waals surface area contributed by atoms with Gasteiger partial charge in [-0.15, -0.1) is 0 Å². The minimum atomic E-state index is -3.65. The van der Waals surface area contributed by atoms with Gasteiger partial charge in [0.05, 0.1) is 0 Å². The van der Waals surface area contributed by atoms with E-state index >= 15 is 0 Å². The van der Waals surface area contributed by atoms with Crippen molar-refractivity contribution in [3.05, 3.63) is 0 Å². The van der Waals surface area contributed by atoms with E-state index in [2.05, 4.69) is 0 Å². The summed E-state index contributed by atoms with van der Waals surface area (Å²) in [5, 5.41) is 12.0. The summed E-state index contributed by atoms with van der Waals surface area (Å²) in [6.45, 7) is 0. The molecule has 0 spiro atoms. The molecule has 0 aromatic carbocycles. The minimum Gasteiger partial charge on any atom is -0.405 e. The number of hydrogen-bond donors (Lipinski definition) is 2. The van der Waals surface area contributed by atoms with Crippen molar-refractivity contribution >= 4 is 0 Å². The van der Waals surface area contributed by atoms with Gasteiger partial charge in [-0.1, -0.05) is 0 Å². The molecule has 7 heavy (non-hydrogen) atoms. The number of halogens is 1. The third-order valence-corrected chi connectivity index (χ3v) is 0. The van der Waals surface area contributed by atoms with Gasteiger partial charge in [0, 0.05) is 0 Å². The van der Waals surface area contributed by atoms with E-state index in [1.54, 1.807) is 0 Å². The molecule has 0 aliphatic rings. The predicted octanol–water partition coefficient (Wildman–Crippen LogP) is -6.55. The normalized spacial score (nSPS) is 6.00. The Morgan fingerprint density at radius 2 is 1.00 bits per heavy atom. The number of rotatable bonds is 0. The van der Waals surface area contributed by atoms with Crippen LogP contribution in [0.1, 0.15) is 0 Å². The molecule has 2 N–H and O–H groups in total. The summed E-state index contributed by atoms with van der Waals surface area (Å²) < 4.78 is 25.6. The molecule has 0 aliphatic carbocycles. The molecule has 0 unspecified atom stereocenters. The summed E-state index contributed by atoms with van der Waals surface area (Å²) in [7, 11) is 0. The Kier molecular flexibility index (Phi) is 35.7. The van der Waals surface area contributed by atoms with Crippen LogP contribution in [0.5, 0.6) is 0 Å². The molecule has 0 heterocycles. The van der Waals surface area contributed by atoms with Crippen LogP contribution in [-0.2, 0) is 0 Å². The Labute approximate surface area is 87.8 Å². The molecule has 0 saturated carbocycles. The maximum Gasteiger partial charge on any atom is 1.00 e. The standard InChI is InChI=1S/BrO3.K.H2O2/c2-1(3)4;;1-2/h;;1-2H/q-1;+1;. The first-order valence-electron chi connectivity index (χ1n) is 0.663. The van der Waals surface area contributed by atoms with E-state index in [0.717, 1.165) is 0 Å². The fraction of sp³-hybridized carbons (Fsp3) is 0. The molecule has 0 amide bonds. The molecule has 40 valence electrons. The first-order valence-corrected chi connectivity index (χ1v) is 2.61. The van der Waals surface area contributed by atoms with Gasteiger partial charge >= 0.3 is 51.4 Å². The fourth-order valence-electron chi connectivity index (χ4n) is 0. The van der Waals surface area contributed by atoms with E-state index in [0.29, 0.717) is 0 Å². The first-order chi connectivity index (χ1) is 2.73. The molecule has 0 bridgehead atoms. The van der Waals surface area contributed by atoms with Gasteiger partial charge in [-0.05, 0) is 0 Å². The molecule has 0 aromatic heterocycles. The van der Waals surface area contributed by atoms with Crippen LogP contribution in [0.2, 0.25) is 0 Å². The molecular weight excluding hydrogens is 199 g/mol. The second kappa shape index (κ2) is 15.7. The maximum absolute atomic E-state index is 8.52. The summed E-state index contributed by atoms with van der Waals surface area (Å²) in [6.07, 6.45) is 0. The maximum atomic E-state index is 8.52. The molecule has 0 atom stereocenters. The van der Waals surface area contributed by atoms with Crippen molar-refractivity contribution in [2.45, 2.75) is 0 Å². The van der Waals surface area contributed by atoms with E-state index in [-0.39, 0.29) is 51.4 Å². The predicted molar refractivity (Wildman–Crippen MR) is 5.26 cm³/mol. The Morgan fingerprint density at radius 3 is 1.00 bits per heavy atom. The molecule has 0 rings (SSSR count). The van der Waals surface area contributed by atoms with Crippen LogP contribution >= 0.6 is 0 Å². The van der Waals surface area contributed by atoms with Gasteiger partial charge < -0.3 is 12.6 Å². The zero-order valence-electron chi connectivity index (χ0n) is 3.50. The van der Waals surface area contributed by atoms with Gasteiger partial charge in [0.2, 0.25) is 14.8 Å². The topological polar surface area (TPSA) is 110 Å². The zero-order valence-corrected chi connectivity index (χ0v) is 8.21. The van der Waals surface area contributed by atoms with Crippen molar-refractivity contribution in [3.63, 3.8) is 0 Å². The van der Waals surface area contributed by atoms with E-state index in [1.165, 1.54) is 0 Å². The Morgan fingerprint density at radius 1 is 1.00 bits per heavy atom. The van der Waals surface area contributed by atoms with Gasteiger partial charge in [0.1, 0.15) is 0 Å². The van der Waals surface area contributed by atoms with Crippen LogP contribution in [0.15, 0.2) is 0 Å². The van der Waals surface area contributed by atoms with Crippen LogP contribution in [-0.4, -0.2) is 10.5 Å². The summed E-state index contributed by atoms with van der Waals surface area (Å²) in [5.41, 5.74) is 0. The zero-order chi connectivity index (χ0) is 5.58. The first kappa shape index (κ1) is 16.0. The van der Waals surface area contributed by atoms with Crippen molar-refractivity contribution in [1.82, 2.24) is 0 Å². The monoisotopic (exact) mass is 200 g/mol. The summed E-state index contributed by atoms with van der Waals surface area (Å²) >= 11 is -3.65. The molecular formula is H2BrKO5. The average molecular weight is 201 g/mol. The molecule has 0 saturated heterocycles. The Bertz CT molecular complexity index is 12.8. The second-order valence-corrected chi connectivity index (χ2v) is 0.982. The largest absolute Gasteiger partial charge is 1.00 e. The van der Waals surface area contributed by atoms with E-state index in [4.69, 9.17) is 23.1 Å². The van der Waals surface area contributed by atoms with Gasteiger partial charge in [0.25, 0.3) is 0 Å². The third-order valence-electron chi connectivity index (χ3n) is 0. The van der Waals surface area contributed by atoms with Crippen molar-refractivity contribution in [3.8, 4) is 0 Å². The molecule has 5 nitrogen and oxygen atoms in total. The number of hydrogen-bond acceptors (Lipinski definition) is 5. The van der Waals surface area contributed by atoms with Gasteiger partial charge in [-0.25, -0.2) is 0 Å². The minimum absolute atomic E-state index is 0. The van der Waals surface area contributed by atoms with Crippen LogP contribution < -0.4 is 64.0 Å². The van der Waals surface area contributed by atoms with Crippen LogP contribution in [0.25, 0.3) is 0 Å². The van der Waals surface area contributed by atoms with Crippen molar-refractivity contribution in [1.29, 1.82) is 0 Å². The fourth-order valence-corrected chi connectivity index (χ4v) is 0. The SMILES string of the molecule is OO.[K+].[O-][Br+2]([O-])[O-]. The summed E-state index contributed by atoms with van der Waals surface area (Å²) in [4.78, 5) is 0. The van der Waals surface area contributed by atoms with Crippen LogP contribution in [0.3, 0.4) is 0 Å². The van der Waals surface area contributed by atoms with Crippen molar-refractivity contribution < 1.29 is 89.3 Å². The van der Waals surface area contributed by atoms with E-state index in [9.17, 15) is 0 Å². The van der Waals surface area contributed by atoms with Crippen LogP contribution in [0.4, 0.5) is 0 Å². The van der Waals surface area contributed by atoms with E-state index < -0.39 is 14.8 Å². The Balaban J connectivity index is -0.0000000480. The van der Waals surface area contributed by atoms with Gasteiger partial charge in [0.15, 0.2) is 0 Å². The molecule has 0 radical (unpaired) electrons. The van der Waals surface area contributed by atoms with E-state index in [1.807, 2.05) is 0 Å². The van der Waals surface area contributed by atoms with Gasteiger partial charge in [-0.3, -0.25) is 10.5 Å². The summed E-state index contributed by atoms with van der Waals surface area (Å²) in [6, 6.07) is 0. The second-order valence-electron chi connectivity index (χ2n) is 0.189. The smallest absolute Gasteiger partial charge is 0.405 e. The average Bonchev–Trinajstić information content (AvgIpc) is 1.41. The van der Waals surface area contributed by atoms with Crippen LogP contribution in [0, 0.1) is 14.8 Å². The molecule has 0 aliphatic heterocycles. The van der Waals surface area contributed by atoms with Crippen molar-refractivity contribution in [2.75, 3.05) is 0 Å². The molecule has 7 heteroatoms. The van der Waals surface area contributed by atoms with Gasteiger partial charge in [-0.2, -0.15) is 0 Å². The molecule has 0 fully saturated rings.